The van der Waals surface area contributed by atoms with Gasteiger partial charge in [-0.25, -0.2) is 4.98 Å². The summed E-state index contributed by atoms with van der Waals surface area (Å²) in [5.41, 5.74) is 1.81. The van der Waals surface area contributed by atoms with E-state index in [1.54, 1.807) is 24.3 Å². The van der Waals surface area contributed by atoms with Crippen LogP contribution in [0.2, 0.25) is 0 Å². The maximum atomic E-state index is 12.5. The lowest BCUT2D eigenvalue weighted by Crippen LogP contribution is -2.42. The van der Waals surface area contributed by atoms with Gasteiger partial charge in [-0.3, -0.25) is 14.0 Å². The van der Waals surface area contributed by atoms with E-state index >= 15 is 0 Å². The predicted octanol–water partition coefficient (Wildman–Crippen LogP) is 1.90. The van der Waals surface area contributed by atoms with Gasteiger partial charge in [0.2, 0.25) is 17.5 Å². The first kappa shape index (κ1) is 21.7. The molecular formula is C23H29N7O2. The molecule has 1 atom stereocenters. The highest BCUT2D eigenvalue weighted by Crippen LogP contribution is 2.23. The second-order valence-corrected chi connectivity index (χ2v) is 8.25. The molecule has 3 aromatic rings. The molecule has 1 N–H and O–H groups in total. The number of nitrogens with zero attached hydrogens (tertiary/aromatic N) is 6. The van der Waals surface area contributed by atoms with Crippen LogP contribution in [0, 0.1) is 5.92 Å². The average Bonchev–Trinajstić information content (AvgIpc) is 3.30. The highest BCUT2D eigenvalue weighted by atomic mass is 16.2. The Morgan fingerprint density at radius 1 is 1.25 bits per heavy atom. The summed E-state index contributed by atoms with van der Waals surface area (Å²) in [6.45, 7) is 4.81. The molecule has 2 amide bonds. The molecule has 0 saturated carbocycles. The Bertz CT molecular complexity index is 1050. The van der Waals surface area contributed by atoms with Crippen molar-refractivity contribution >= 4 is 23.3 Å². The zero-order valence-corrected chi connectivity index (χ0v) is 18.4. The van der Waals surface area contributed by atoms with Gasteiger partial charge in [-0.05, 0) is 24.3 Å². The molecule has 32 heavy (non-hydrogen) atoms. The normalized spacial score (nSPS) is 16.2. The summed E-state index contributed by atoms with van der Waals surface area (Å²) in [4.78, 5) is 32.9. The molecule has 3 heterocycles. The van der Waals surface area contributed by atoms with E-state index in [1.807, 2.05) is 40.9 Å². The molecule has 2 aromatic heterocycles. The van der Waals surface area contributed by atoms with Gasteiger partial charge in [0.25, 0.3) is 0 Å². The van der Waals surface area contributed by atoms with Crippen LogP contribution >= 0.6 is 0 Å². The van der Waals surface area contributed by atoms with Gasteiger partial charge >= 0.3 is 0 Å². The summed E-state index contributed by atoms with van der Waals surface area (Å²) < 4.78 is 1.87. The van der Waals surface area contributed by atoms with Crippen molar-refractivity contribution in [2.24, 2.45) is 5.92 Å². The average molecular weight is 436 g/mol. The van der Waals surface area contributed by atoms with Crippen molar-refractivity contribution in [1.29, 1.82) is 0 Å². The number of rotatable bonds is 8. The third kappa shape index (κ3) is 5.40. The lowest BCUT2D eigenvalue weighted by Gasteiger charge is -2.33. The number of hydrogen-bond donors (Lipinski definition) is 1. The molecular weight excluding hydrogens is 406 g/mol. The fourth-order valence-electron chi connectivity index (χ4n) is 4.13. The van der Waals surface area contributed by atoms with E-state index in [0.717, 1.165) is 43.0 Å². The van der Waals surface area contributed by atoms with Crippen LogP contribution in [0.1, 0.15) is 31.7 Å². The first-order chi connectivity index (χ1) is 15.6. The van der Waals surface area contributed by atoms with Crippen LogP contribution < -0.4 is 10.2 Å². The summed E-state index contributed by atoms with van der Waals surface area (Å²) in [5.74, 6) is 1.11. The van der Waals surface area contributed by atoms with Crippen LogP contribution in [0.25, 0.3) is 5.65 Å². The Morgan fingerprint density at radius 3 is 2.91 bits per heavy atom. The minimum Gasteiger partial charge on any atom is -0.356 e. The van der Waals surface area contributed by atoms with E-state index < -0.39 is 0 Å². The zero-order chi connectivity index (χ0) is 22.3. The second kappa shape index (κ2) is 10.2. The van der Waals surface area contributed by atoms with Crippen LogP contribution in [0.15, 0.2) is 49.1 Å². The smallest absolute Gasteiger partial charge is 0.221 e. The third-order valence-electron chi connectivity index (χ3n) is 5.87. The van der Waals surface area contributed by atoms with Gasteiger partial charge in [0, 0.05) is 58.5 Å². The van der Waals surface area contributed by atoms with Crippen molar-refractivity contribution in [2.45, 2.75) is 32.7 Å². The summed E-state index contributed by atoms with van der Waals surface area (Å²) in [6, 6.07) is 9.82. The van der Waals surface area contributed by atoms with Gasteiger partial charge in [-0.15, -0.1) is 10.2 Å². The Morgan fingerprint density at radius 2 is 2.09 bits per heavy atom. The number of anilines is 1. The van der Waals surface area contributed by atoms with E-state index in [4.69, 9.17) is 0 Å². The molecule has 1 aliphatic rings. The Kier molecular flexibility index (Phi) is 6.94. The van der Waals surface area contributed by atoms with Crippen molar-refractivity contribution in [1.82, 2.24) is 29.8 Å². The van der Waals surface area contributed by atoms with Crippen LogP contribution in [0.3, 0.4) is 0 Å². The van der Waals surface area contributed by atoms with Crippen molar-refractivity contribution < 1.29 is 9.59 Å². The van der Waals surface area contributed by atoms with E-state index in [1.165, 1.54) is 0 Å². The SMILES string of the molecule is CC(=O)N(CCC(=O)NC[C@H]1CCCN(c2nccn3cnnc23)C1)Cc1ccccc1. The Balaban J connectivity index is 1.26. The minimum atomic E-state index is -0.0286. The number of fused-ring (bicyclic) bond motifs is 1. The molecule has 0 unspecified atom stereocenters. The number of aromatic nitrogens is 4. The second-order valence-electron chi connectivity index (χ2n) is 8.25. The standard InChI is InChI=1S/C23H29N7O2/c1-18(31)28(15-19-6-3-2-4-7-19)12-9-21(32)25-14-20-8-5-11-29(16-20)22-23-27-26-17-30(23)13-10-24-22/h2-4,6-7,10,13,17,20H,5,8-9,11-12,14-16H2,1H3,(H,25,32)/t20-/m1/s1. The van der Waals surface area contributed by atoms with Crippen LogP contribution in [-0.2, 0) is 16.1 Å². The topological polar surface area (TPSA) is 95.7 Å². The largest absolute Gasteiger partial charge is 0.356 e. The van der Waals surface area contributed by atoms with Gasteiger partial charge in [-0.1, -0.05) is 30.3 Å². The Hall–Kier alpha value is -3.49. The van der Waals surface area contributed by atoms with Gasteiger partial charge in [0.1, 0.15) is 6.33 Å². The van der Waals surface area contributed by atoms with E-state index in [-0.39, 0.29) is 11.8 Å². The Labute approximate surface area is 187 Å². The lowest BCUT2D eigenvalue weighted by atomic mass is 9.98. The summed E-state index contributed by atoms with van der Waals surface area (Å²) >= 11 is 0. The third-order valence-corrected chi connectivity index (χ3v) is 5.87. The number of amides is 2. The number of carbonyl (C=O) groups is 2. The first-order valence-electron chi connectivity index (χ1n) is 11.1. The van der Waals surface area contributed by atoms with Crippen molar-refractivity contribution in [3.05, 3.63) is 54.6 Å². The molecule has 1 aliphatic heterocycles. The van der Waals surface area contributed by atoms with Crippen molar-refractivity contribution in [2.75, 3.05) is 31.1 Å². The van der Waals surface area contributed by atoms with Crippen molar-refractivity contribution in [3.63, 3.8) is 0 Å². The molecule has 9 heteroatoms. The van der Waals surface area contributed by atoms with E-state index in [2.05, 4.69) is 25.4 Å². The van der Waals surface area contributed by atoms with Crippen molar-refractivity contribution in [3.8, 4) is 0 Å². The minimum absolute atomic E-state index is 0.0280. The molecule has 9 nitrogen and oxygen atoms in total. The highest BCUT2D eigenvalue weighted by Gasteiger charge is 2.23. The van der Waals surface area contributed by atoms with Crippen LogP contribution in [-0.4, -0.2) is 62.5 Å². The number of hydrogen-bond acceptors (Lipinski definition) is 6. The van der Waals surface area contributed by atoms with Gasteiger partial charge in [-0.2, -0.15) is 0 Å². The number of nitrogens with one attached hydrogen (secondary N) is 1. The first-order valence-corrected chi connectivity index (χ1v) is 11.1. The molecule has 1 fully saturated rings. The van der Waals surface area contributed by atoms with E-state index in [9.17, 15) is 9.59 Å². The fourth-order valence-corrected chi connectivity index (χ4v) is 4.13. The van der Waals surface area contributed by atoms with Gasteiger partial charge in [0.15, 0.2) is 5.82 Å². The predicted molar refractivity (Wildman–Crippen MR) is 121 cm³/mol. The van der Waals surface area contributed by atoms with Crippen LogP contribution in [0.5, 0.6) is 0 Å². The molecule has 0 radical (unpaired) electrons. The highest BCUT2D eigenvalue weighted by molar-refractivity contribution is 5.78. The van der Waals surface area contributed by atoms with E-state index in [0.29, 0.717) is 32.0 Å². The molecule has 168 valence electrons. The lowest BCUT2D eigenvalue weighted by molar-refractivity contribution is -0.130. The monoisotopic (exact) mass is 435 g/mol. The van der Waals surface area contributed by atoms with Gasteiger partial charge < -0.3 is 15.1 Å². The maximum Gasteiger partial charge on any atom is 0.221 e. The maximum absolute atomic E-state index is 12.5. The molecule has 1 saturated heterocycles. The summed E-state index contributed by atoms with van der Waals surface area (Å²) in [6.07, 6.45) is 7.65. The molecule has 0 bridgehead atoms. The summed E-state index contributed by atoms with van der Waals surface area (Å²) in [7, 11) is 0. The number of piperidine rings is 1. The molecule has 1 aromatic carbocycles. The fraction of sp³-hybridized carbons (Fsp3) is 0.435. The molecule has 4 rings (SSSR count). The number of carbonyl (C=O) groups excluding carboxylic acids is 2. The molecule has 0 aliphatic carbocycles. The zero-order valence-electron chi connectivity index (χ0n) is 18.4. The molecule has 0 spiro atoms. The van der Waals surface area contributed by atoms with Gasteiger partial charge in [0.05, 0.1) is 0 Å². The quantitative estimate of drug-likeness (QED) is 0.581. The number of benzene rings is 1. The van der Waals surface area contributed by atoms with Crippen LogP contribution in [0.4, 0.5) is 5.82 Å². The summed E-state index contributed by atoms with van der Waals surface area (Å²) in [5, 5.41) is 11.2.